The predicted octanol–water partition coefficient (Wildman–Crippen LogP) is 9.46. The fourth-order valence-corrected chi connectivity index (χ4v) is 6.16. The molecule has 0 radical (unpaired) electrons. The lowest BCUT2D eigenvalue weighted by Crippen LogP contribution is -2.00. The van der Waals surface area contributed by atoms with Crippen molar-refractivity contribution in [1.82, 2.24) is 34.5 Å². The summed E-state index contributed by atoms with van der Waals surface area (Å²) < 4.78 is 2.06. The average molecular weight is 630 g/mol. The Balaban J connectivity index is 1.18. The van der Waals surface area contributed by atoms with E-state index >= 15 is 0 Å². The van der Waals surface area contributed by atoms with Crippen LogP contribution in [0.3, 0.4) is 0 Å². The Bertz CT molecular complexity index is 2540. The molecule has 0 fully saturated rings. The van der Waals surface area contributed by atoms with Crippen LogP contribution in [0, 0.1) is 0 Å². The molecule has 0 atom stereocenters. The molecule has 0 aliphatic rings. The highest BCUT2D eigenvalue weighted by Crippen LogP contribution is 2.33. The van der Waals surface area contributed by atoms with Crippen LogP contribution in [0.25, 0.3) is 84.6 Å². The van der Waals surface area contributed by atoms with E-state index in [0.717, 1.165) is 67.1 Å². The minimum absolute atomic E-state index is 0.612. The minimum Gasteiger partial charge on any atom is -0.258 e. The number of aromatic nitrogens is 7. The maximum atomic E-state index is 5.16. The maximum absolute atomic E-state index is 5.16. The van der Waals surface area contributed by atoms with E-state index in [4.69, 9.17) is 19.9 Å². The van der Waals surface area contributed by atoms with E-state index in [1.54, 1.807) is 0 Å². The molecule has 3 aromatic heterocycles. The molecule has 0 saturated heterocycles. The molecule has 0 aliphatic carbocycles. The molecular formula is C42H27N7. The highest BCUT2D eigenvalue weighted by Gasteiger charge is 2.18. The molecule has 0 spiro atoms. The zero-order chi connectivity index (χ0) is 32.6. The number of rotatable bonds is 6. The molecule has 0 aliphatic heterocycles. The van der Waals surface area contributed by atoms with Gasteiger partial charge in [-0.15, -0.1) is 10.2 Å². The van der Waals surface area contributed by atoms with Crippen LogP contribution in [0.1, 0.15) is 0 Å². The Morgan fingerprint density at radius 3 is 1.43 bits per heavy atom. The largest absolute Gasteiger partial charge is 0.258 e. The van der Waals surface area contributed by atoms with Gasteiger partial charge >= 0.3 is 0 Å². The summed E-state index contributed by atoms with van der Waals surface area (Å²) in [6.07, 6.45) is 0. The van der Waals surface area contributed by atoms with Crippen molar-refractivity contribution in [3.05, 3.63) is 164 Å². The molecule has 0 unspecified atom stereocenters. The van der Waals surface area contributed by atoms with Gasteiger partial charge in [-0.05, 0) is 35.4 Å². The second kappa shape index (κ2) is 12.1. The normalized spacial score (nSPS) is 11.3. The summed E-state index contributed by atoms with van der Waals surface area (Å²) in [6.45, 7) is 0. The van der Waals surface area contributed by atoms with Gasteiger partial charge in [0.25, 0.3) is 0 Å². The van der Waals surface area contributed by atoms with Crippen LogP contribution >= 0.6 is 0 Å². The fraction of sp³-hybridized carbons (Fsp3) is 0. The quantitative estimate of drug-likeness (QED) is 0.182. The lowest BCUT2D eigenvalue weighted by Gasteiger charge is -2.12. The molecule has 7 nitrogen and oxygen atoms in total. The monoisotopic (exact) mass is 629 g/mol. The fourth-order valence-electron chi connectivity index (χ4n) is 6.16. The van der Waals surface area contributed by atoms with Crippen LogP contribution in [0.4, 0.5) is 0 Å². The van der Waals surface area contributed by atoms with E-state index in [1.807, 2.05) is 127 Å². The highest BCUT2D eigenvalue weighted by atomic mass is 15.3. The first-order valence-corrected chi connectivity index (χ1v) is 16.1. The van der Waals surface area contributed by atoms with Gasteiger partial charge < -0.3 is 0 Å². The van der Waals surface area contributed by atoms with Crippen molar-refractivity contribution in [2.75, 3.05) is 0 Å². The van der Waals surface area contributed by atoms with Crippen molar-refractivity contribution >= 4 is 16.6 Å². The van der Waals surface area contributed by atoms with Crippen LogP contribution in [0.15, 0.2) is 164 Å². The third kappa shape index (κ3) is 5.29. The van der Waals surface area contributed by atoms with E-state index in [0.29, 0.717) is 17.5 Å². The topological polar surface area (TPSA) is 81.8 Å². The molecule has 230 valence electrons. The third-order valence-electron chi connectivity index (χ3n) is 8.55. The van der Waals surface area contributed by atoms with Crippen molar-refractivity contribution < 1.29 is 0 Å². The summed E-state index contributed by atoms with van der Waals surface area (Å²) in [7, 11) is 0. The molecular weight excluding hydrogens is 603 g/mol. The number of fused-ring (bicyclic) bond motifs is 3. The lowest BCUT2D eigenvalue weighted by atomic mass is 10.00. The van der Waals surface area contributed by atoms with Crippen LogP contribution in [0.2, 0.25) is 0 Å². The van der Waals surface area contributed by atoms with Gasteiger partial charge in [0.1, 0.15) is 5.82 Å². The van der Waals surface area contributed by atoms with Gasteiger partial charge in [0.05, 0.1) is 5.52 Å². The zero-order valence-corrected chi connectivity index (χ0v) is 26.2. The van der Waals surface area contributed by atoms with Crippen molar-refractivity contribution in [3.63, 3.8) is 0 Å². The Kier molecular flexibility index (Phi) is 6.98. The Labute approximate surface area is 282 Å². The van der Waals surface area contributed by atoms with Gasteiger partial charge in [-0.3, -0.25) is 4.40 Å². The van der Waals surface area contributed by atoms with E-state index < -0.39 is 0 Å². The van der Waals surface area contributed by atoms with Gasteiger partial charge in [0.15, 0.2) is 28.9 Å². The van der Waals surface area contributed by atoms with Crippen molar-refractivity contribution in [2.45, 2.75) is 0 Å². The maximum Gasteiger partial charge on any atom is 0.172 e. The Hall–Kier alpha value is -6.86. The summed E-state index contributed by atoms with van der Waals surface area (Å²) in [5.74, 6) is 3.39. The van der Waals surface area contributed by atoms with E-state index in [9.17, 15) is 0 Å². The van der Waals surface area contributed by atoms with Crippen LogP contribution in [0.5, 0.6) is 0 Å². The molecule has 6 aromatic carbocycles. The second-order valence-corrected chi connectivity index (χ2v) is 11.7. The first kappa shape index (κ1) is 28.4. The van der Waals surface area contributed by atoms with Gasteiger partial charge in [-0.25, -0.2) is 19.9 Å². The van der Waals surface area contributed by atoms with Gasteiger partial charge in [0, 0.05) is 33.2 Å². The van der Waals surface area contributed by atoms with Crippen molar-refractivity contribution in [3.8, 4) is 68.1 Å². The number of nitrogens with zero attached hydrogens (tertiary/aromatic N) is 7. The number of hydrogen-bond acceptors (Lipinski definition) is 6. The number of para-hydroxylation sites is 1. The van der Waals surface area contributed by atoms with Crippen molar-refractivity contribution in [1.29, 1.82) is 0 Å². The molecule has 9 rings (SSSR count). The van der Waals surface area contributed by atoms with E-state index in [-0.39, 0.29) is 0 Å². The Morgan fingerprint density at radius 1 is 0.327 bits per heavy atom. The van der Waals surface area contributed by atoms with E-state index in [2.05, 4.69) is 51.0 Å². The molecule has 0 N–H and O–H groups in total. The molecule has 0 amide bonds. The second-order valence-electron chi connectivity index (χ2n) is 11.7. The van der Waals surface area contributed by atoms with Gasteiger partial charge in [-0.2, -0.15) is 0 Å². The van der Waals surface area contributed by atoms with Crippen LogP contribution in [-0.4, -0.2) is 34.5 Å². The first-order chi connectivity index (χ1) is 24.3. The standard InChI is InChI=1S/C42H27N7/c1-4-14-28(15-5-1)37-44-38(29-16-6-2-7-17-29)46-39(45-37)33-22-12-20-31(26-33)32-21-13-23-34(27-32)40-43-36-25-11-10-24-35(36)42-48-47-41(49(40)42)30-18-8-3-9-19-30/h1-27H. The SMILES string of the molecule is c1ccc(-c2nc(-c3ccccc3)nc(-c3cccc(-c4cccc(-c5nc6ccccc6c6nnc(-c7ccccc7)n56)c4)c3)n2)cc1. The summed E-state index contributed by atoms with van der Waals surface area (Å²) >= 11 is 0. The summed E-state index contributed by atoms with van der Waals surface area (Å²) in [6, 6.07) is 55.0. The summed E-state index contributed by atoms with van der Waals surface area (Å²) in [5, 5.41) is 10.2. The molecule has 0 bridgehead atoms. The molecule has 0 saturated carbocycles. The molecule has 3 heterocycles. The van der Waals surface area contributed by atoms with Gasteiger partial charge in [-0.1, -0.05) is 140 Å². The smallest absolute Gasteiger partial charge is 0.172 e. The third-order valence-corrected chi connectivity index (χ3v) is 8.55. The molecule has 49 heavy (non-hydrogen) atoms. The first-order valence-electron chi connectivity index (χ1n) is 16.1. The predicted molar refractivity (Wildman–Crippen MR) is 194 cm³/mol. The Morgan fingerprint density at radius 2 is 0.796 bits per heavy atom. The summed E-state index contributed by atoms with van der Waals surface area (Å²) in [5.41, 5.74) is 8.40. The van der Waals surface area contributed by atoms with Crippen LogP contribution in [-0.2, 0) is 0 Å². The van der Waals surface area contributed by atoms with Crippen LogP contribution < -0.4 is 0 Å². The number of benzene rings is 6. The van der Waals surface area contributed by atoms with E-state index in [1.165, 1.54) is 0 Å². The number of hydrogen-bond donors (Lipinski definition) is 0. The minimum atomic E-state index is 0.612. The summed E-state index contributed by atoms with van der Waals surface area (Å²) in [4.78, 5) is 19.9. The van der Waals surface area contributed by atoms with Gasteiger partial charge in [0.2, 0.25) is 0 Å². The highest BCUT2D eigenvalue weighted by molar-refractivity contribution is 5.94. The lowest BCUT2D eigenvalue weighted by molar-refractivity contribution is 1.07. The molecule has 9 aromatic rings. The molecule has 7 heteroatoms. The zero-order valence-electron chi connectivity index (χ0n) is 26.2. The average Bonchev–Trinajstić information content (AvgIpc) is 3.64. The van der Waals surface area contributed by atoms with Crippen molar-refractivity contribution in [2.24, 2.45) is 0 Å².